The summed E-state index contributed by atoms with van der Waals surface area (Å²) in [5, 5.41) is 26.7. The van der Waals surface area contributed by atoms with Gasteiger partial charge in [-0.05, 0) is 89.2 Å². The molecule has 87 heavy (non-hydrogen) atoms. The third-order valence-electron chi connectivity index (χ3n) is 17.1. The molecule has 3 fully saturated rings. The Kier molecular flexibility index (Phi) is 23.4. The Morgan fingerprint density at radius 1 is 0.943 bits per heavy atom. The van der Waals surface area contributed by atoms with Gasteiger partial charge < -0.3 is 67.5 Å². The van der Waals surface area contributed by atoms with E-state index in [-0.39, 0.29) is 94.4 Å². The monoisotopic (exact) mass is 1230 g/mol. The second-order valence-corrected chi connectivity index (χ2v) is 23.8. The van der Waals surface area contributed by atoms with E-state index in [2.05, 4.69) is 33.5 Å². The van der Waals surface area contributed by atoms with E-state index in [0.29, 0.717) is 56.9 Å². The highest BCUT2D eigenvalue weighted by Gasteiger charge is 2.63. The van der Waals surface area contributed by atoms with Gasteiger partial charge in [0, 0.05) is 104 Å². The predicted octanol–water partition coefficient (Wildman–Crippen LogP) is 5.38. The van der Waals surface area contributed by atoms with Crippen LogP contribution in [0.4, 0.5) is 10.5 Å². The summed E-state index contributed by atoms with van der Waals surface area (Å²) in [7, 11) is 9.65. The van der Waals surface area contributed by atoms with Gasteiger partial charge in [0.1, 0.15) is 46.3 Å². The smallest absolute Gasteiger partial charge is 0.409 e. The predicted molar refractivity (Wildman–Crippen MR) is 323 cm³/mol. The highest BCUT2D eigenvalue weighted by atomic mass is 35.5. The van der Waals surface area contributed by atoms with E-state index in [1.165, 1.54) is 38.0 Å². The summed E-state index contributed by atoms with van der Waals surface area (Å²) in [6, 6.07) is 12.3. The summed E-state index contributed by atoms with van der Waals surface area (Å²) in [5.41, 5.74) is 2.66. The number of methoxy groups -OCH3 is 2. The Labute approximate surface area is 513 Å². The van der Waals surface area contributed by atoms with Crippen molar-refractivity contribution in [1.29, 1.82) is 0 Å². The van der Waals surface area contributed by atoms with Gasteiger partial charge >= 0.3 is 18.0 Å². The summed E-state index contributed by atoms with van der Waals surface area (Å²) in [4.78, 5) is 101. The Morgan fingerprint density at radius 2 is 1.63 bits per heavy atom. The lowest BCUT2D eigenvalue weighted by Crippen LogP contribution is -2.72. The zero-order chi connectivity index (χ0) is 63.4. The van der Waals surface area contributed by atoms with E-state index in [4.69, 9.17) is 49.9 Å². The molecule has 0 radical (unpaired) electrons. The molecule has 5 aliphatic heterocycles. The highest BCUT2D eigenvalue weighted by Crippen LogP contribution is 2.51. The Hall–Kier alpha value is -6.64. The van der Waals surface area contributed by atoms with Crippen LogP contribution in [0.2, 0.25) is 5.02 Å². The molecule has 0 spiro atoms. The molecule has 7 atom stereocenters. The van der Waals surface area contributed by atoms with E-state index >= 15 is 0 Å². The van der Waals surface area contributed by atoms with Crippen molar-refractivity contribution in [2.24, 2.45) is 0 Å². The number of hydrogen-bond donors (Lipinski definition) is 4. The van der Waals surface area contributed by atoms with Crippen molar-refractivity contribution >= 4 is 69.9 Å². The quantitative estimate of drug-likeness (QED) is 0.0498. The van der Waals surface area contributed by atoms with Crippen molar-refractivity contribution in [1.82, 2.24) is 35.0 Å². The van der Waals surface area contributed by atoms with Crippen LogP contribution in [0.3, 0.4) is 0 Å². The summed E-state index contributed by atoms with van der Waals surface area (Å²) >= 11 is 6.87. The van der Waals surface area contributed by atoms with Gasteiger partial charge in [0.25, 0.3) is 0 Å². The number of aryl methyl sites for hydroxylation is 1. The zero-order valence-corrected chi connectivity index (χ0v) is 52.5. The summed E-state index contributed by atoms with van der Waals surface area (Å²) < 4.78 is 43.3. The molecule has 3 saturated heterocycles. The van der Waals surface area contributed by atoms with Crippen LogP contribution in [-0.2, 0) is 76.7 Å². The first kappa shape index (κ1) is 67.9. The van der Waals surface area contributed by atoms with Crippen LogP contribution in [0.25, 0.3) is 10.9 Å². The molecule has 4 N–H and O–H groups in total. The van der Waals surface area contributed by atoms with Crippen LogP contribution in [0.15, 0.2) is 66.3 Å². The third kappa shape index (κ3) is 17.0. The fourth-order valence-corrected chi connectivity index (χ4v) is 12.3. The van der Waals surface area contributed by atoms with Crippen LogP contribution in [-0.4, -0.2) is 212 Å². The maximum atomic E-state index is 14.5. The van der Waals surface area contributed by atoms with Gasteiger partial charge in [0.05, 0.1) is 58.6 Å². The van der Waals surface area contributed by atoms with Gasteiger partial charge in [0.15, 0.2) is 5.72 Å². The van der Waals surface area contributed by atoms with Crippen LogP contribution < -0.4 is 20.4 Å². The van der Waals surface area contributed by atoms with E-state index in [1.54, 1.807) is 50.1 Å². The number of likely N-dealkylation sites (N-methyl/N-ethyl adjacent to an activating group) is 1. The number of halogens is 1. The SMILES string of the molecule is CNN(C)Cc1cc2ccccc2n1CCC(=O)N1CCC(N(CCOCCOCCC(=O)O)C(=O)CCC(=O)N(C)[C@@H](C)C(=O)O[C@H]2CC(=O)N(C)c3cc(cc(OC)c3Cl)C/C(C)=C/C=C/[C@@H](OC)[C@@]3(O)C[C@H](OC(=O)N3)[C@@]3(C)C[C@@]2(C)O3)CC1. The van der Waals surface area contributed by atoms with Crippen LogP contribution >= 0.6 is 11.6 Å². The number of carboxylic acids is 1. The van der Waals surface area contributed by atoms with Gasteiger partial charge in [-0.15, -0.1) is 0 Å². The number of anilines is 1. The number of benzene rings is 2. The molecular formula is C62H87ClN8O16. The number of para-hydroxylation sites is 1. The maximum Gasteiger partial charge on any atom is 0.409 e. The first-order valence-electron chi connectivity index (χ1n) is 29.6. The lowest BCUT2D eigenvalue weighted by Gasteiger charge is -2.59. The number of amides is 5. The number of piperidine rings is 1. The summed E-state index contributed by atoms with van der Waals surface area (Å²) in [5.74, 6) is -2.90. The number of aliphatic carboxylic acids is 1. The Balaban J connectivity index is 1.03. The molecule has 6 heterocycles. The molecule has 2 aromatic carbocycles. The minimum absolute atomic E-state index is 0.00110. The number of ether oxygens (including phenoxy) is 7. The molecule has 478 valence electrons. The average molecular weight is 1240 g/mol. The number of nitrogens with zero attached hydrogens (tertiary/aromatic N) is 6. The average Bonchev–Trinajstić information content (AvgIpc) is 1.37. The van der Waals surface area contributed by atoms with Crippen molar-refractivity contribution in [2.75, 3.05) is 93.4 Å². The third-order valence-corrected chi connectivity index (χ3v) is 17.5. The van der Waals surface area contributed by atoms with Crippen molar-refractivity contribution in [2.45, 2.75) is 152 Å². The fourth-order valence-electron chi connectivity index (χ4n) is 12.0. The molecule has 1 aromatic heterocycles. The number of carbonyl (C=O) groups excluding carboxylic acids is 6. The number of nitrogens with one attached hydrogen (secondary N) is 2. The number of carboxylic acid groups (broad SMARTS) is 1. The first-order valence-corrected chi connectivity index (χ1v) is 30.0. The van der Waals surface area contributed by atoms with Crippen molar-refractivity contribution < 1.29 is 76.9 Å². The largest absolute Gasteiger partial charge is 0.495 e. The standard InChI is InChI=1S/C62H87ClN8O16/c1-40-14-13-17-49(82-10)62(80)37-51(86-59(79)65-62)61(4)39-60(3,87-61)50(36-55(75)68(8)47-33-42(32-40)34-48(81-9)57(47)63)85-58(78)41(2)67(7)52(72)18-19-54(74)71(27-29-84-31-30-83-28-23-56(76)77)44-20-24-69(25-21-44)53(73)22-26-70-45(38-66(6)64-5)35-43-15-11-12-16-46(43)70/h11-17,33-35,41,44,49-51,64,80H,18-32,36-39H2,1-10H3,(H,65,79)(H,76,77)/b17-13+,40-14+/t41-,49+,50-,51-,60+,61+,62-/m0/s1. The highest BCUT2D eigenvalue weighted by molar-refractivity contribution is 6.35. The number of esters is 1. The number of likely N-dealkylation sites (tertiary alicyclic amines) is 1. The zero-order valence-electron chi connectivity index (χ0n) is 51.8. The molecule has 0 saturated carbocycles. The summed E-state index contributed by atoms with van der Waals surface area (Å²) in [6.45, 7) is 9.33. The number of aromatic nitrogens is 1. The van der Waals surface area contributed by atoms with Gasteiger partial charge in [-0.25, -0.2) is 14.6 Å². The first-order chi connectivity index (χ1) is 41.3. The molecule has 25 heteroatoms. The molecule has 5 amide bonds. The number of carbonyl (C=O) groups is 7. The molecule has 24 nitrogen and oxygen atoms in total. The number of alkyl carbamates (subject to hydrolysis) is 1. The molecule has 0 aliphatic carbocycles. The number of hydrogen-bond acceptors (Lipinski definition) is 17. The molecule has 0 unspecified atom stereocenters. The van der Waals surface area contributed by atoms with Crippen molar-refractivity contribution in [3.63, 3.8) is 0 Å². The number of fused-ring (bicyclic) bond motifs is 7. The molecular weight excluding hydrogens is 1150 g/mol. The van der Waals surface area contributed by atoms with Gasteiger partial charge in [-0.3, -0.25) is 34.7 Å². The minimum atomic E-state index is -1.93. The molecule has 3 aromatic rings. The number of aliphatic hydroxyl groups is 1. The van der Waals surface area contributed by atoms with Crippen LogP contribution in [0, 0.1) is 0 Å². The molecule has 6 bridgehead atoms. The lowest BCUT2D eigenvalue weighted by molar-refractivity contribution is -0.328. The Bertz CT molecular complexity index is 3010. The van der Waals surface area contributed by atoms with Crippen molar-refractivity contribution in [3.05, 3.63) is 82.5 Å². The van der Waals surface area contributed by atoms with Crippen molar-refractivity contribution in [3.8, 4) is 5.75 Å². The van der Waals surface area contributed by atoms with Crippen LogP contribution in [0.5, 0.6) is 5.75 Å². The summed E-state index contributed by atoms with van der Waals surface area (Å²) in [6.07, 6.45) is 1.44. The fraction of sp³-hybridized carbons (Fsp3) is 0.597. The lowest BCUT2D eigenvalue weighted by atomic mass is 9.72. The van der Waals surface area contributed by atoms with Gasteiger partial charge in [-0.1, -0.05) is 53.6 Å². The minimum Gasteiger partial charge on any atom is -0.495 e. The number of allylic oxidation sites excluding steroid dienone is 3. The molecule has 5 aliphatic rings. The van der Waals surface area contributed by atoms with E-state index in [0.717, 1.165) is 27.7 Å². The van der Waals surface area contributed by atoms with E-state index in [9.17, 15) is 38.7 Å². The Morgan fingerprint density at radius 3 is 2.31 bits per heavy atom. The second-order valence-electron chi connectivity index (χ2n) is 23.4. The van der Waals surface area contributed by atoms with Gasteiger partial charge in [-0.2, -0.15) is 0 Å². The van der Waals surface area contributed by atoms with E-state index < -0.39 is 77.5 Å². The maximum absolute atomic E-state index is 14.5. The normalized spacial score (nSPS) is 24.9. The number of rotatable bonds is 24. The topological polar surface area (TPSA) is 270 Å². The second kappa shape index (κ2) is 30.0. The van der Waals surface area contributed by atoms with Crippen LogP contribution in [0.1, 0.15) is 96.7 Å². The van der Waals surface area contributed by atoms with Gasteiger partial charge in [0.2, 0.25) is 23.6 Å². The molecule has 8 rings (SSSR count). The number of hydrazine groups is 1. The van der Waals surface area contributed by atoms with E-state index in [1.807, 2.05) is 49.1 Å².